The van der Waals surface area contributed by atoms with Crippen LogP contribution in [0.5, 0.6) is 0 Å². The summed E-state index contributed by atoms with van der Waals surface area (Å²) in [6, 6.07) is 4.35. The molecule has 0 bridgehead atoms. The minimum atomic E-state index is -1.16. The lowest BCUT2D eigenvalue weighted by Gasteiger charge is -2.23. The van der Waals surface area contributed by atoms with Gasteiger partial charge in [-0.3, -0.25) is 19.0 Å². The number of nitrogens with one attached hydrogen (secondary N) is 3. The first-order chi connectivity index (χ1) is 15.0. The number of H-pyrrole nitrogens is 1. The van der Waals surface area contributed by atoms with Crippen LogP contribution in [0, 0.1) is 11.8 Å². The summed E-state index contributed by atoms with van der Waals surface area (Å²) in [4.78, 5) is 64.3. The van der Waals surface area contributed by atoms with E-state index in [1.54, 1.807) is 18.2 Å². The summed E-state index contributed by atoms with van der Waals surface area (Å²) < 4.78 is 0.765. The van der Waals surface area contributed by atoms with E-state index >= 15 is 0 Å². The molecular formula is C22H30N4O6. The van der Waals surface area contributed by atoms with Crippen molar-refractivity contribution in [2.75, 3.05) is 0 Å². The predicted octanol–water partition coefficient (Wildman–Crippen LogP) is 0.836. The van der Waals surface area contributed by atoms with Gasteiger partial charge < -0.3 is 20.7 Å². The van der Waals surface area contributed by atoms with Crippen molar-refractivity contribution in [3.05, 3.63) is 45.1 Å². The summed E-state index contributed by atoms with van der Waals surface area (Å²) in [5.41, 5.74) is -0.995. The third-order valence-corrected chi connectivity index (χ3v) is 4.87. The van der Waals surface area contributed by atoms with E-state index in [-0.39, 0.29) is 30.1 Å². The molecule has 10 nitrogen and oxygen atoms in total. The van der Waals surface area contributed by atoms with Crippen LogP contribution < -0.4 is 21.9 Å². The molecular weight excluding hydrogens is 416 g/mol. The summed E-state index contributed by atoms with van der Waals surface area (Å²) >= 11 is 0. The van der Waals surface area contributed by atoms with Crippen LogP contribution >= 0.6 is 0 Å². The molecule has 2 rings (SSSR count). The zero-order valence-electron chi connectivity index (χ0n) is 18.7. The molecule has 2 amide bonds. The molecule has 10 heteroatoms. The molecule has 0 aliphatic heterocycles. The summed E-state index contributed by atoms with van der Waals surface area (Å²) in [6.07, 6.45) is 0.500. The van der Waals surface area contributed by atoms with Gasteiger partial charge in [-0.25, -0.2) is 9.59 Å². The number of hydrogen-bond donors (Lipinski definition) is 4. The van der Waals surface area contributed by atoms with Gasteiger partial charge in [0.25, 0.3) is 5.56 Å². The van der Waals surface area contributed by atoms with Crippen molar-refractivity contribution in [2.45, 2.75) is 59.2 Å². The van der Waals surface area contributed by atoms with Crippen molar-refractivity contribution >= 4 is 28.7 Å². The highest BCUT2D eigenvalue weighted by molar-refractivity contribution is 5.90. The molecule has 0 unspecified atom stereocenters. The molecule has 4 N–H and O–H groups in total. The standard InChI is InChI=1S/C22H30N4O6/c1-12(2)9-16(19(28)24-17(21(30)31)10-13(3)4)23-18(27)11-26-20(29)14-7-5-6-8-15(14)25-22(26)32/h5-8,12-13,16-17H,9-11H2,1-4H3,(H,23,27)(H,24,28)(H,25,32)(H,30,31)/t16-,17+/m0/s1. The van der Waals surface area contributed by atoms with E-state index < -0.39 is 47.7 Å². The molecule has 0 aliphatic rings. The zero-order chi connectivity index (χ0) is 24.0. The highest BCUT2D eigenvalue weighted by atomic mass is 16.4. The predicted molar refractivity (Wildman–Crippen MR) is 119 cm³/mol. The third-order valence-electron chi connectivity index (χ3n) is 4.87. The van der Waals surface area contributed by atoms with Crippen LogP contribution in [0.1, 0.15) is 40.5 Å². The molecule has 0 radical (unpaired) electrons. The van der Waals surface area contributed by atoms with E-state index in [1.165, 1.54) is 6.07 Å². The van der Waals surface area contributed by atoms with Crippen molar-refractivity contribution in [1.82, 2.24) is 20.2 Å². The normalized spacial score (nSPS) is 13.2. The Morgan fingerprint density at radius 3 is 2.16 bits per heavy atom. The first kappa shape index (κ1) is 24.8. The van der Waals surface area contributed by atoms with Gasteiger partial charge in [-0.15, -0.1) is 0 Å². The van der Waals surface area contributed by atoms with Crippen molar-refractivity contribution in [3.8, 4) is 0 Å². The number of carboxylic acid groups (broad SMARTS) is 1. The number of carbonyl (C=O) groups excluding carboxylic acids is 2. The Morgan fingerprint density at radius 2 is 1.56 bits per heavy atom. The Hall–Kier alpha value is -3.43. The first-order valence-corrected chi connectivity index (χ1v) is 10.5. The third kappa shape index (κ3) is 6.53. The van der Waals surface area contributed by atoms with Crippen LogP contribution in [0.15, 0.2) is 33.9 Å². The van der Waals surface area contributed by atoms with Gasteiger partial charge in [0.1, 0.15) is 18.6 Å². The number of aliphatic carboxylic acids is 1. The van der Waals surface area contributed by atoms with Crippen LogP contribution in [0.25, 0.3) is 10.9 Å². The molecule has 174 valence electrons. The van der Waals surface area contributed by atoms with Gasteiger partial charge in [0.15, 0.2) is 0 Å². The van der Waals surface area contributed by atoms with E-state index in [1.807, 2.05) is 27.7 Å². The fourth-order valence-electron chi connectivity index (χ4n) is 3.39. The number of aromatic amines is 1. The quantitative estimate of drug-likeness (QED) is 0.425. The monoisotopic (exact) mass is 446 g/mol. The maximum atomic E-state index is 12.7. The Balaban J connectivity index is 2.20. The Labute approximate surface area is 185 Å². The SMILES string of the molecule is CC(C)C[C@H](NC(=O)Cn1c(=O)[nH]c2ccccc2c1=O)C(=O)N[C@H](CC(C)C)C(=O)O. The van der Waals surface area contributed by atoms with Gasteiger partial charge in [0, 0.05) is 0 Å². The van der Waals surface area contributed by atoms with Gasteiger partial charge in [0.05, 0.1) is 10.9 Å². The van der Waals surface area contributed by atoms with Crippen molar-refractivity contribution in [1.29, 1.82) is 0 Å². The average molecular weight is 447 g/mol. The zero-order valence-corrected chi connectivity index (χ0v) is 18.7. The number of para-hydroxylation sites is 1. The summed E-state index contributed by atoms with van der Waals surface area (Å²) in [7, 11) is 0. The van der Waals surface area contributed by atoms with Gasteiger partial charge >= 0.3 is 11.7 Å². The minimum absolute atomic E-state index is 0.0196. The number of benzene rings is 1. The Kier molecular flexibility index (Phi) is 8.34. The number of nitrogens with zero attached hydrogens (tertiary/aromatic N) is 1. The van der Waals surface area contributed by atoms with Gasteiger partial charge in [-0.2, -0.15) is 0 Å². The lowest BCUT2D eigenvalue weighted by Crippen LogP contribution is -2.53. The van der Waals surface area contributed by atoms with Gasteiger partial charge in [0.2, 0.25) is 11.8 Å². The maximum Gasteiger partial charge on any atom is 0.329 e. The maximum absolute atomic E-state index is 12.7. The van der Waals surface area contributed by atoms with Crippen molar-refractivity contribution in [3.63, 3.8) is 0 Å². The van der Waals surface area contributed by atoms with Gasteiger partial charge in [-0.05, 0) is 36.8 Å². The number of amides is 2. The number of carboxylic acids is 1. The van der Waals surface area contributed by atoms with Crippen LogP contribution in [0.4, 0.5) is 0 Å². The van der Waals surface area contributed by atoms with Crippen molar-refractivity contribution in [2.24, 2.45) is 11.8 Å². The molecule has 1 aromatic heterocycles. The second-order valence-electron chi connectivity index (χ2n) is 8.65. The van der Waals surface area contributed by atoms with E-state index in [0.717, 1.165) is 4.57 Å². The fraction of sp³-hybridized carbons (Fsp3) is 0.500. The van der Waals surface area contributed by atoms with Crippen molar-refractivity contribution < 1.29 is 19.5 Å². The molecule has 0 saturated carbocycles. The summed E-state index contributed by atoms with van der Waals surface area (Å²) in [6.45, 7) is 6.82. The van der Waals surface area contributed by atoms with Crippen LogP contribution in [-0.4, -0.2) is 44.5 Å². The summed E-state index contributed by atoms with van der Waals surface area (Å²) in [5.74, 6) is -2.42. The molecule has 0 saturated heterocycles. The summed E-state index contributed by atoms with van der Waals surface area (Å²) in [5, 5.41) is 14.7. The van der Waals surface area contributed by atoms with Crippen LogP contribution in [0.2, 0.25) is 0 Å². The average Bonchev–Trinajstić information content (AvgIpc) is 2.69. The largest absolute Gasteiger partial charge is 0.480 e. The molecule has 0 aliphatic carbocycles. The number of aromatic nitrogens is 2. The van der Waals surface area contributed by atoms with Crippen LogP contribution in [-0.2, 0) is 20.9 Å². The number of fused-ring (bicyclic) bond motifs is 1. The molecule has 32 heavy (non-hydrogen) atoms. The highest BCUT2D eigenvalue weighted by Gasteiger charge is 2.28. The van der Waals surface area contributed by atoms with Gasteiger partial charge in [-0.1, -0.05) is 39.8 Å². The smallest absolute Gasteiger partial charge is 0.329 e. The molecule has 2 atom stereocenters. The lowest BCUT2D eigenvalue weighted by atomic mass is 10.0. The molecule has 2 aromatic rings. The van der Waals surface area contributed by atoms with E-state index in [2.05, 4.69) is 15.6 Å². The van der Waals surface area contributed by atoms with E-state index in [0.29, 0.717) is 5.52 Å². The number of carbonyl (C=O) groups is 3. The molecule has 1 heterocycles. The number of rotatable bonds is 10. The fourth-order valence-corrected chi connectivity index (χ4v) is 3.39. The molecule has 0 fully saturated rings. The second-order valence-corrected chi connectivity index (χ2v) is 8.65. The second kappa shape index (κ2) is 10.7. The lowest BCUT2D eigenvalue weighted by molar-refractivity contribution is -0.142. The first-order valence-electron chi connectivity index (χ1n) is 10.5. The topological polar surface area (TPSA) is 150 Å². The molecule has 0 spiro atoms. The Morgan fingerprint density at radius 1 is 0.969 bits per heavy atom. The molecule has 1 aromatic carbocycles. The van der Waals surface area contributed by atoms with Crippen LogP contribution in [0.3, 0.4) is 0 Å². The van der Waals surface area contributed by atoms with E-state index in [9.17, 15) is 29.1 Å². The number of hydrogen-bond acceptors (Lipinski definition) is 5. The van der Waals surface area contributed by atoms with E-state index in [4.69, 9.17) is 0 Å². The highest BCUT2D eigenvalue weighted by Crippen LogP contribution is 2.09. The minimum Gasteiger partial charge on any atom is -0.480 e. The Bertz CT molecular complexity index is 1100.